The number of rotatable bonds is 6. The molecule has 1 rings (SSSR count). The molecule has 1 heterocycles. The molecule has 0 radical (unpaired) electrons. The molecule has 0 aromatic carbocycles. The van der Waals surface area contributed by atoms with Crippen LogP contribution in [0.3, 0.4) is 0 Å². The highest BCUT2D eigenvalue weighted by Gasteiger charge is 2.36. The molecule has 0 unspecified atom stereocenters. The SMILES string of the molecule is COC(=O)c1nc(OCCO[Si](C)(C)C(C)(C)C)ccc1Br. The van der Waals surface area contributed by atoms with E-state index < -0.39 is 14.3 Å². The fourth-order valence-corrected chi connectivity index (χ4v) is 2.81. The molecule has 0 atom stereocenters. The Kier molecular flexibility index (Phi) is 6.58. The van der Waals surface area contributed by atoms with E-state index in [1.54, 1.807) is 12.1 Å². The average molecular weight is 390 g/mol. The molecule has 0 aliphatic rings. The van der Waals surface area contributed by atoms with Gasteiger partial charge in [-0.2, -0.15) is 0 Å². The van der Waals surface area contributed by atoms with Gasteiger partial charge in [0.05, 0.1) is 18.2 Å². The van der Waals surface area contributed by atoms with Crippen molar-refractivity contribution < 1.29 is 18.7 Å². The zero-order chi connectivity index (χ0) is 17.0. The van der Waals surface area contributed by atoms with Crippen LogP contribution in [-0.2, 0) is 9.16 Å². The van der Waals surface area contributed by atoms with E-state index in [0.29, 0.717) is 23.6 Å². The molecule has 7 heteroatoms. The lowest BCUT2D eigenvalue weighted by atomic mass is 10.2. The highest BCUT2D eigenvalue weighted by molar-refractivity contribution is 9.10. The second kappa shape index (κ2) is 7.57. The molecule has 22 heavy (non-hydrogen) atoms. The third-order valence-corrected chi connectivity index (χ3v) is 8.98. The summed E-state index contributed by atoms with van der Waals surface area (Å²) in [5.74, 6) is -0.128. The van der Waals surface area contributed by atoms with Gasteiger partial charge in [-0.3, -0.25) is 0 Å². The van der Waals surface area contributed by atoms with Crippen LogP contribution in [0.2, 0.25) is 18.1 Å². The van der Waals surface area contributed by atoms with Crippen LogP contribution < -0.4 is 4.74 Å². The quantitative estimate of drug-likeness (QED) is 0.417. The van der Waals surface area contributed by atoms with E-state index in [1.165, 1.54) is 7.11 Å². The maximum Gasteiger partial charge on any atom is 0.357 e. The van der Waals surface area contributed by atoms with Gasteiger partial charge in [-0.05, 0) is 40.1 Å². The number of carbonyl (C=O) groups excluding carboxylic acids is 1. The first-order valence-electron chi connectivity index (χ1n) is 7.10. The molecule has 5 nitrogen and oxygen atoms in total. The summed E-state index contributed by atoms with van der Waals surface area (Å²) >= 11 is 3.26. The van der Waals surface area contributed by atoms with Gasteiger partial charge in [0.15, 0.2) is 14.0 Å². The van der Waals surface area contributed by atoms with Crippen molar-refractivity contribution in [2.24, 2.45) is 0 Å². The third kappa shape index (κ3) is 5.07. The van der Waals surface area contributed by atoms with Crippen LogP contribution in [0.5, 0.6) is 5.88 Å². The summed E-state index contributed by atoms with van der Waals surface area (Å²) in [7, 11) is -0.452. The Labute approximate surface area is 141 Å². The van der Waals surface area contributed by atoms with E-state index in [9.17, 15) is 4.79 Å². The largest absolute Gasteiger partial charge is 0.475 e. The van der Waals surface area contributed by atoms with Crippen molar-refractivity contribution >= 4 is 30.2 Å². The molecule has 0 N–H and O–H groups in total. The Morgan fingerprint density at radius 2 is 1.91 bits per heavy atom. The number of aromatic nitrogens is 1. The topological polar surface area (TPSA) is 57.7 Å². The number of hydrogen-bond acceptors (Lipinski definition) is 5. The van der Waals surface area contributed by atoms with Gasteiger partial charge in [0.2, 0.25) is 5.88 Å². The zero-order valence-corrected chi connectivity index (χ0v) is 16.6. The van der Waals surface area contributed by atoms with Gasteiger partial charge < -0.3 is 13.9 Å². The zero-order valence-electron chi connectivity index (χ0n) is 14.0. The smallest absolute Gasteiger partial charge is 0.357 e. The van der Waals surface area contributed by atoms with Gasteiger partial charge in [0, 0.05) is 6.07 Å². The van der Waals surface area contributed by atoms with Crippen molar-refractivity contribution in [2.75, 3.05) is 20.3 Å². The Morgan fingerprint density at radius 1 is 1.27 bits per heavy atom. The minimum absolute atomic E-state index is 0.168. The van der Waals surface area contributed by atoms with Crippen LogP contribution in [0.15, 0.2) is 16.6 Å². The van der Waals surface area contributed by atoms with E-state index in [0.717, 1.165) is 0 Å². The number of methoxy groups -OCH3 is 1. The van der Waals surface area contributed by atoms with E-state index in [1.807, 2.05) is 0 Å². The van der Waals surface area contributed by atoms with Crippen LogP contribution in [-0.4, -0.2) is 39.6 Å². The number of carbonyl (C=O) groups is 1. The third-order valence-electron chi connectivity index (χ3n) is 3.80. The van der Waals surface area contributed by atoms with Crippen molar-refractivity contribution in [3.8, 4) is 5.88 Å². The molecule has 0 amide bonds. The summed E-state index contributed by atoms with van der Waals surface area (Å²) in [5, 5.41) is 0.168. The highest BCUT2D eigenvalue weighted by atomic mass is 79.9. The Bertz CT molecular complexity index is 529. The lowest BCUT2D eigenvalue weighted by molar-refractivity contribution is 0.0591. The van der Waals surface area contributed by atoms with Gasteiger partial charge in [0.25, 0.3) is 0 Å². The first-order valence-corrected chi connectivity index (χ1v) is 10.8. The number of hydrogen-bond donors (Lipinski definition) is 0. The Hall–Kier alpha value is -0.923. The number of nitrogens with zero attached hydrogens (tertiary/aromatic N) is 1. The number of pyridine rings is 1. The summed E-state index contributed by atoms with van der Waals surface area (Å²) in [4.78, 5) is 15.7. The summed E-state index contributed by atoms with van der Waals surface area (Å²) in [6, 6.07) is 3.41. The van der Waals surface area contributed by atoms with Crippen LogP contribution >= 0.6 is 15.9 Å². The Morgan fingerprint density at radius 3 is 2.45 bits per heavy atom. The van der Waals surface area contributed by atoms with Crippen molar-refractivity contribution in [1.82, 2.24) is 4.98 Å². The molecule has 124 valence electrons. The molecule has 1 aromatic rings. The second-order valence-corrected chi connectivity index (χ2v) is 12.1. The first-order chi connectivity index (χ1) is 10.1. The van der Waals surface area contributed by atoms with E-state index in [4.69, 9.17) is 9.16 Å². The minimum Gasteiger partial charge on any atom is -0.475 e. The molecule has 0 saturated heterocycles. The highest BCUT2D eigenvalue weighted by Crippen LogP contribution is 2.36. The molecule has 0 saturated carbocycles. The van der Waals surface area contributed by atoms with Crippen molar-refractivity contribution in [3.63, 3.8) is 0 Å². The number of ether oxygens (including phenoxy) is 2. The van der Waals surface area contributed by atoms with Gasteiger partial charge in [-0.1, -0.05) is 20.8 Å². The molecular formula is C15H24BrNO4Si. The van der Waals surface area contributed by atoms with Crippen molar-refractivity contribution in [3.05, 3.63) is 22.3 Å². The molecule has 0 bridgehead atoms. The molecule has 0 spiro atoms. The van der Waals surface area contributed by atoms with E-state index >= 15 is 0 Å². The summed E-state index contributed by atoms with van der Waals surface area (Å²) in [6.45, 7) is 11.9. The van der Waals surface area contributed by atoms with Gasteiger partial charge in [0.1, 0.15) is 6.61 Å². The summed E-state index contributed by atoms with van der Waals surface area (Å²) in [6.07, 6.45) is 0. The normalized spacial score (nSPS) is 12.1. The Balaban J connectivity index is 2.58. The molecule has 0 aliphatic carbocycles. The number of halogens is 1. The first kappa shape index (κ1) is 19.1. The fourth-order valence-electron chi connectivity index (χ4n) is 1.40. The monoisotopic (exact) mass is 389 g/mol. The molecule has 0 aliphatic heterocycles. The van der Waals surface area contributed by atoms with E-state index in [-0.39, 0.29) is 10.7 Å². The van der Waals surface area contributed by atoms with E-state index in [2.05, 4.69) is 59.5 Å². The lowest BCUT2D eigenvalue weighted by Gasteiger charge is -2.36. The lowest BCUT2D eigenvalue weighted by Crippen LogP contribution is -2.41. The predicted molar refractivity (Wildman–Crippen MR) is 91.9 cm³/mol. The minimum atomic E-state index is -1.77. The fraction of sp³-hybridized carbons (Fsp3) is 0.600. The van der Waals surface area contributed by atoms with Crippen molar-refractivity contribution in [1.29, 1.82) is 0 Å². The van der Waals surface area contributed by atoms with Crippen LogP contribution in [0.4, 0.5) is 0 Å². The van der Waals surface area contributed by atoms with Gasteiger partial charge in [-0.15, -0.1) is 0 Å². The molecule has 1 aromatic heterocycles. The summed E-state index contributed by atoms with van der Waals surface area (Å²) in [5.41, 5.74) is 0.199. The van der Waals surface area contributed by atoms with Crippen LogP contribution in [0.1, 0.15) is 31.3 Å². The maximum absolute atomic E-state index is 11.6. The second-order valence-electron chi connectivity index (χ2n) is 6.43. The predicted octanol–water partition coefficient (Wildman–Crippen LogP) is 4.03. The number of esters is 1. The van der Waals surface area contributed by atoms with Gasteiger partial charge >= 0.3 is 5.97 Å². The van der Waals surface area contributed by atoms with Crippen molar-refractivity contribution in [2.45, 2.75) is 38.9 Å². The summed E-state index contributed by atoms with van der Waals surface area (Å²) < 4.78 is 16.8. The molecule has 0 fully saturated rings. The molecular weight excluding hydrogens is 366 g/mol. The van der Waals surface area contributed by atoms with Crippen LogP contribution in [0.25, 0.3) is 0 Å². The van der Waals surface area contributed by atoms with Crippen LogP contribution in [0, 0.1) is 0 Å². The maximum atomic E-state index is 11.6. The van der Waals surface area contributed by atoms with Gasteiger partial charge in [-0.25, -0.2) is 9.78 Å². The average Bonchev–Trinajstić information content (AvgIpc) is 2.43. The standard InChI is InChI=1S/C15H24BrNO4Si/c1-15(2,3)22(5,6)21-10-9-20-12-8-7-11(16)13(17-12)14(18)19-4/h7-8H,9-10H2,1-6H3.